The van der Waals surface area contributed by atoms with Crippen LogP contribution in [0.5, 0.6) is 0 Å². The third-order valence-electron chi connectivity index (χ3n) is 3.75. The van der Waals surface area contributed by atoms with Crippen LogP contribution in [0.15, 0.2) is 27.5 Å². The van der Waals surface area contributed by atoms with E-state index in [9.17, 15) is 8.42 Å². The van der Waals surface area contributed by atoms with Gasteiger partial charge in [-0.05, 0) is 43.5 Å². The fourth-order valence-corrected chi connectivity index (χ4v) is 3.05. The van der Waals surface area contributed by atoms with Crippen LogP contribution in [0, 0.1) is 5.92 Å². The van der Waals surface area contributed by atoms with E-state index in [1.807, 2.05) is 0 Å². The summed E-state index contributed by atoms with van der Waals surface area (Å²) in [5, 5.41) is 0. The molecule has 1 heterocycles. The van der Waals surface area contributed by atoms with Crippen LogP contribution in [-0.4, -0.2) is 26.2 Å². The summed E-state index contributed by atoms with van der Waals surface area (Å²) >= 11 is 0. The minimum absolute atomic E-state index is 0.268. The lowest BCUT2D eigenvalue weighted by Gasteiger charge is -2.11. The van der Waals surface area contributed by atoms with Crippen molar-refractivity contribution < 1.29 is 12.8 Å². The second-order valence-corrected chi connectivity index (χ2v) is 7.42. The fraction of sp³-hybridized carbons (Fsp3) is 0.533. The van der Waals surface area contributed by atoms with Gasteiger partial charge in [-0.15, -0.1) is 0 Å². The van der Waals surface area contributed by atoms with E-state index in [0.29, 0.717) is 29.5 Å². The maximum atomic E-state index is 11.5. The zero-order valence-corrected chi connectivity index (χ0v) is 13.3. The summed E-state index contributed by atoms with van der Waals surface area (Å²) in [7, 11) is -3.22. The highest BCUT2D eigenvalue weighted by Crippen LogP contribution is 2.22. The predicted octanol–water partition coefficient (Wildman–Crippen LogP) is 2.54. The molecule has 0 saturated carbocycles. The molecule has 21 heavy (non-hydrogen) atoms. The summed E-state index contributed by atoms with van der Waals surface area (Å²) < 4.78 is 28.7. The Kier molecular flexibility index (Phi) is 5.00. The van der Waals surface area contributed by atoms with Crippen molar-refractivity contribution in [1.29, 1.82) is 0 Å². The SMILES string of the molecule is CCC(CCN)CCc1nc2cc(S(C)(=O)=O)ccc2o1. The zero-order valence-electron chi connectivity index (χ0n) is 12.5. The van der Waals surface area contributed by atoms with E-state index in [0.717, 1.165) is 25.7 Å². The summed E-state index contributed by atoms with van der Waals surface area (Å²) in [5.74, 6) is 1.24. The number of aromatic nitrogens is 1. The van der Waals surface area contributed by atoms with Crippen molar-refractivity contribution in [3.63, 3.8) is 0 Å². The van der Waals surface area contributed by atoms with E-state index in [1.165, 1.54) is 6.26 Å². The lowest BCUT2D eigenvalue weighted by atomic mass is 9.97. The quantitative estimate of drug-likeness (QED) is 0.849. The molecule has 0 aliphatic heterocycles. The van der Waals surface area contributed by atoms with Gasteiger partial charge in [-0.25, -0.2) is 13.4 Å². The first-order chi connectivity index (χ1) is 9.94. The molecule has 0 aliphatic rings. The Morgan fingerprint density at radius 1 is 1.33 bits per heavy atom. The van der Waals surface area contributed by atoms with Crippen molar-refractivity contribution >= 4 is 20.9 Å². The van der Waals surface area contributed by atoms with Gasteiger partial charge in [-0.1, -0.05) is 13.3 Å². The molecule has 2 aromatic rings. The summed E-state index contributed by atoms with van der Waals surface area (Å²) in [5.41, 5.74) is 6.82. The first-order valence-electron chi connectivity index (χ1n) is 7.23. The van der Waals surface area contributed by atoms with Gasteiger partial charge in [0.1, 0.15) is 5.52 Å². The number of hydrogen-bond acceptors (Lipinski definition) is 5. The van der Waals surface area contributed by atoms with Crippen molar-refractivity contribution in [2.45, 2.75) is 37.5 Å². The Balaban J connectivity index is 2.15. The Bertz CT molecular complexity index is 707. The number of rotatable bonds is 7. The lowest BCUT2D eigenvalue weighted by molar-refractivity contribution is 0.415. The van der Waals surface area contributed by atoms with E-state index < -0.39 is 9.84 Å². The average molecular weight is 310 g/mol. The summed E-state index contributed by atoms with van der Waals surface area (Å²) in [6.07, 6.45) is 5.03. The zero-order chi connectivity index (χ0) is 15.5. The number of nitrogens with zero attached hydrogens (tertiary/aromatic N) is 1. The first-order valence-corrected chi connectivity index (χ1v) is 9.12. The summed E-state index contributed by atoms with van der Waals surface area (Å²) in [4.78, 5) is 4.66. The van der Waals surface area contributed by atoms with Crippen molar-refractivity contribution in [3.8, 4) is 0 Å². The van der Waals surface area contributed by atoms with Crippen molar-refractivity contribution in [2.24, 2.45) is 11.7 Å². The van der Waals surface area contributed by atoms with Crippen LogP contribution in [0.25, 0.3) is 11.1 Å². The van der Waals surface area contributed by atoms with E-state index in [-0.39, 0.29) is 4.90 Å². The molecule has 1 unspecified atom stereocenters. The second-order valence-electron chi connectivity index (χ2n) is 5.40. The largest absolute Gasteiger partial charge is 0.441 e. The van der Waals surface area contributed by atoms with Gasteiger partial charge in [0, 0.05) is 12.7 Å². The minimum Gasteiger partial charge on any atom is -0.441 e. The number of sulfone groups is 1. The van der Waals surface area contributed by atoms with Crippen LogP contribution in [0.3, 0.4) is 0 Å². The van der Waals surface area contributed by atoms with Crippen LogP contribution in [-0.2, 0) is 16.3 Å². The van der Waals surface area contributed by atoms with Crippen molar-refractivity contribution in [3.05, 3.63) is 24.1 Å². The van der Waals surface area contributed by atoms with Crippen LogP contribution in [0.1, 0.15) is 32.1 Å². The monoisotopic (exact) mass is 310 g/mol. The highest BCUT2D eigenvalue weighted by atomic mass is 32.2. The smallest absolute Gasteiger partial charge is 0.195 e. The predicted molar refractivity (Wildman–Crippen MR) is 82.9 cm³/mol. The molecule has 2 N–H and O–H groups in total. The average Bonchev–Trinajstić information content (AvgIpc) is 2.84. The number of aryl methyl sites for hydroxylation is 1. The standard InChI is InChI=1S/C15H22N2O3S/c1-3-11(8-9-16)4-7-15-17-13-10-12(21(2,18)19)5-6-14(13)20-15/h5-6,10-11H,3-4,7-9,16H2,1-2H3. The van der Waals surface area contributed by atoms with E-state index >= 15 is 0 Å². The van der Waals surface area contributed by atoms with Gasteiger partial charge in [0.05, 0.1) is 4.90 Å². The molecule has 0 aliphatic carbocycles. The third kappa shape index (κ3) is 4.04. The fourth-order valence-electron chi connectivity index (χ4n) is 2.41. The van der Waals surface area contributed by atoms with Gasteiger partial charge in [0.25, 0.3) is 0 Å². The molecule has 0 fully saturated rings. The summed E-state index contributed by atoms with van der Waals surface area (Å²) in [6, 6.07) is 4.78. The maximum absolute atomic E-state index is 11.5. The summed E-state index contributed by atoms with van der Waals surface area (Å²) in [6.45, 7) is 2.86. The van der Waals surface area contributed by atoms with Crippen LogP contribution in [0.2, 0.25) is 0 Å². The van der Waals surface area contributed by atoms with Gasteiger partial charge in [0.2, 0.25) is 0 Å². The van der Waals surface area contributed by atoms with Gasteiger partial charge >= 0.3 is 0 Å². The second kappa shape index (κ2) is 6.58. The molecular formula is C15H22N2O3S. The van der Waals surface area contributed by atoms with E-state index in [4.69, 9.17) is 10.2 Å². The molecule has 0 radical (unpaired) electrons. The molecule has 116 valence electrons. The Hall–Kier alpha value is -1.40. The topological polar surface area (TPSA) is 86.2 Å². The molecule has 0 saturated heterocycles. The normalized spacial score (nSPS) is 13.7. The molecule has 1 atom stereocenters. The van der Waals surface area contributed by atoms with Gasteiger partial charge in [0.15, 0.2) is 21.3 Å². The lowest BCUT2D eigenvalue weighted by Crippen LogP contribution is -2.09. The minimum atomic E-state index is -3.22. The molecule has 0 amide bonds. The molecule has 0 bridgehead atoms. The highest BCUT2D eigenvalue weighted by Gasteiger charge is 2.13. The molecule has 0 spiro atoms. The van der Waals surface area contributed by atoms with Crippen molar-refractivity contribution in [2.75, 3.05) is 12.8 Å². The molecule has 1 aromatic heterocycles. The third-order valence-corrected chi connectivity index (χ3v) is 4.86. The van der Waals surface area contributed by atoms with Crippen molar-refractivity contribution in [1.82, 2.24) is 4.98 Å². The maximum Gasteiger partial charge on any atom is 0.195 e. The molecule has 5 nitrogen and oxygen atoms in total. The van der Waals surface area contributed by atoms with Gasteiger partial charge in [-0.2, -0.15) is 0 Å². The number of fused-ring (bicyclic) bond motifs is 1. The molecule has 2 rings (SSSR count). The molecule has 6 heteroatoms. The van der Waals surface area contributed by atoms with Crippen LogP contribution >= 0.6 is 0 Å². The van der Waals surface area contributed by atoms with E-state index in [1.54, 1.807) is 18.2 Å². The molecule has 1 aromatic carbocycles. The number of benzene rings is 1. The Labute approximate surface area is 125 Å². The van der Waals surface area contributed by atoms with Crippen LogP contribution in [0.4, 0.5) is 0 Å². The van der Waals surface area contributed by atoms with Crippen LogP contribution < -0.4 is 5.73 Å². The Morgan fingerprint density at radius 3 is 2.71 bits per heavy atom. The number of hydrogen-bond donors (Lipinski definition) is 1. The first kappa shape index (κ1) is 16.0. The van der Waals surface area contributed by atoms with Gasteiger partial charge < -0.3 is 10.2 Å². The number of nitrogens with two attached hydrogens (primary N) is 1. The van der Waals surface area contributed by atoms with E-state index in [2.05, 4.69) is 11.9 Å². The highest BCUT2D eigenvalue weighted by molar-refractivity contribution is 7.90. The Morgan fingerprint density at radius 2 is 2.10 bits per heavy atom. The number of oxazole rings is 1. The van der Waals surface area contributed by atoms with Gasteiger partial charge in [-0.3, -0.25) is 0 Å². The molecular weight excluding hydrogens is 288 g/mol.